The fraction of sp³-hybridized carbons (Fsp3) is 0.636. The molecule has 0 bridgehead atoms. The predicted octanol–water partition coefficient (Wildman–Crippen LogP) is 2.07. The molecule has 1 amide bonds. The summed E-state index contributed by atoms with van der Waals surface area (Å²) in [5.41, 5.74) is 3.85. The normalized spacial score (nSPS) is 15.1. The standard InChI is InChI=1S/C22H33N5O4/c1-4-16-15-19(24-26(16)3)22(29)31-14-7-10-18-17-9-6-12-30-13-8-11-23-21(28)20(17)27(5-2)25-18/h15H,4-14H2,1-3H3,(H,23,28). The number of aryl methyl sites for hydroxylation is 4. The number of nitrogens with one attached hydrogen (secondary N) is 1. The third-order valence-corrected chi connectivity index (χ3v) is 5.45. The maximum absolute atomic E-state index is 12.8. The molecule has 9 nitrogen and oxygen atoms in total. The van der Waals surface area contributed by atoms with Crippen molar-refractivity contribution < 1.29 is 19.1 Å². The van der Waals surface area contributed by atoms with Crippen LogP contribution in [0.25, 0.3) is 0 Å². The van der Waals surface area contributed by atoms with Gasteiger partial charge in [0.05, 0.1) is 12.3 Å². The molecule has 0 saturated heterocycles. The van der Waals surface area contributed by atoms with E-state index in [0.29, 0.717) is 50.5 Å². The first kappa shape index (κ1) is 23.0. The first-order chi connectivity index (χ1) is 15.0. The zero-order chi connectivity index (χ0) is 22.2. The maximum atomic E-state index is 12.8. The van der Waals surface area contributed by atoms with Gasteiger partial charge in [-0.05, 0) is 51.5 Å². The molecule has 31 heavy (non-hydrogen) atoms. The van der Waals surface area contributed by atoms with E-state index in [9.17, 15) is 9.59 Å². The summed E-state index contributed by atoms with van der Waals surface area (Å²) in [6, 6.07) is 1.77. The zero-order valence-corrected chi connectivity index (χ0v) is 18.8. The van der Waals surface area contributed by atoms with Crippen molar-refractivity contribution in [2.75, 3.05) is 26.4 Å². The summed E-state index contributed by atoms with van der Waals surface area (Å²) < 4.78 is 14.5. The summed E-state index contributed by atoms with van der Waals surface area (Å²) in [5.74, 6) is -0.490. The molecule has 0 radical (unpaired) electrons. The Kier molecular flexibility index (Phi) is 8.22. The number of aromatic nitrogens is 4. The highest BCUT2D eigenvalue weighted by Gasteiger charge is 2.23. The van der Waals surface area contributed by atoms with E-state index in [0.717, 1.165) is 42.6 Å². The molecule has 1 N–H and O–H groups in total. The Balaban J connectivity index is 1.64. The highest BCUT2D eigenvalue weighted by molar-refractivity contribution is 5.94. The molecular weight excluding hydrogens is 398 g/mol. The topological polar surface area (TPSA) is 100 Å². The third kappa shape index (κ3) is 5.72. The van der Waals surface area contributed by atoms with Crippen LogP contribution >= 0.6 is 0 Å². The van der Waals surface area contributed by atoms with Crippen molar-refractivity contribution in [3.8, 4) is 0 Å². The molecule has 1 aliphatic rings. The molecule has 0 saturated carbocycles. The van der Waals surface area contributed by atoms with Crippen LogP contribution in [0.1, 0.15) is 71.0 Å². The molecule has 3 heterocycles. The van der Waals surface area contributed by atoms with Crippen molar-refractivity contribution in [2.45, 2.75) is 58.9 Å². The minimum atomic E-state index is -0.412. The van der Waals surface area contributed by atoms with Crippen molar-refractivity contribution in [1.29, 1.82) is 0 Å². The molecule has 0 spiro atoms. The molecule has 9 heteroatoms. The SMILES string of the molecule is CCc1cc(C(=O)OCCCc2nn(CC)c3c2CCCOCCCNC3=O)nn1C. The lowest BCUT2D eigenvalue weighted by atomic mass is 10.0. The maximum Gasteiger partial charge on any atom is 0.358 e. The van der Waals surface area contributed by atoms with Gasteiger partial charge in [-0.15, -0.1) is 0 Å². The van der Waals surface area contributed by atoms with Crippen LogP contribution in [-0.2, 0) is 42.3 Å². The number of carbonyl (C=O) groups is 2. The number of amides is 1. The molecule has 170 valence electrons. The van der Waals surface area contributed by atoms with Crippen LogP contribution in [0, 0.1) is 0 Å². The van der Waals surface area contributed by atoms with E-state index in [1.165, 1.54) is 0 Å². The third-order valence-electron chi connectivity index (χ3n) is 5.45. The van der Waals surface area contributed by atoms with E-state index in [1.54, 1.807) is 15.4 Å². The molecule has 0 aromatic carbocycles. The van der Waals surface area contributed by atoms with E-state index in [-0.39, 0.29) is 12.5 Å². The van der Waals surface area contributed by atoms with Gasteiger partial charge in [0.25, 0.3) is 5.91 Å². The summed E-state index contributed by atoms with van der Waals surface area (Å²) in [6.45, 7) is 6.82. The Labute approximate surface area is 183 Å². The average Bonchev–Trinajstić information content (AvgIpc) is 3.31. The lowest BCUT2D eigenvalue weighted by molar-refractivity contribution is 0.0492. The minimum absolute atomic E-state index is 0.0780. The molecule has 1 aliphatic heterocycles. The van der Waals surface area contributed by atoms with Gasteiger partial charge in [-0.25, -0.2) is 4.79 Å². The van der Waals surface area contributed by atoms with Gasteiger partial charge in [-0.3, -0.25) is 14.2 Å². The predicted molar refractivity (Wildman–Crippen MR) is 115 cm³/mol. The van der Waals surface area contributed by atoms with Crippen molar-refractivity contribution in [1.82, 2.24) is 24.9 Å². The summed E-state index contributed by atoms with van der Waals surface area (Å²) in [7, 11) is 1.82. The van der Waals surface area contributed by atoms with Crippen LogP contribution in [0.5, 0.6) is 0 Å². The average molecular weight is 432 g/mol. The van der Waals surface area contributed by atoms with Crippen LogP contribution in [0.15, 0.2) is 6.07 Å². The number of carbonyl (C=O) groups excluding carboxylic acids is 2. The van der Waals surface area contributed by atoms with E-state index in [2.05, 4.69) is 15.5 Å². The second-order valence-electron chi connectivity index (χ2n) is 7.65. The number of ether oxygens (including phenoxy) is 2. The largest absolute Gasteiger partial charge is 0.461 e. The smallest absolute Gasteiger partial charge is 0.358 e. The summed E-state index contributed by atoms with van der Waals surface area (Å²) in [6.07, 6.45) is 4.46. The molecule has 0 unspecified atom stereocenters. The van der Waals surface area contributed by atoms with Gasteiger partial charge in [-0.1, -0.05) is 6.92 Å². The van der Waals surface area contributed by atoms with Crippen LogP contribution in [0.2, 0.25) is 0 Å². The Morgan fingerprint density at radius 2 is 2.06 bits per heavy atom. The Hall–Kier alpha value is -2.68. The van der Waals surface area contributed by atoms with E-state index in [4.69, 9.17) is 9.47 Å². The van der Waals surface area contributed by atoms with Crippen molar-refractivity contribution in [3.63, 3.8) is 0 Å². The zero-order valence-electron chi connectivity index (χ0n) is 18.8. The molecular formula is C22H33N5O4. The Morgan fingerprint density at radius 3 is 2.81 bits per heavy atom. The summed E-state index contributed by atoms with van der Waals surface area (Å²) >= 11 is 0. The number of hydrogen-bond acceptors (Lipinski definition) is 6. The highest BCUT2D eigenvalue weighted by Crippen LogP contribution is 2.20. The molecule has 3 rings (SSSR count). The Bertz CT molecular complexity index is 902. The van der Waals surface area contributed by atoms with Crippen molar-refractivity contribution in [2.24, 2.45) is 7.05 Å². The highest BCUT2D eigenvalue weighted by atomic mass is 16.5. The van der Waals surface area contributed by atoms with Crippen LogP contribution in [-0.4, -0.2) is 57.8 Å². The number of nitrogens with zero attached hydrogens (tertiary/aromatic N) is 4. The van der Waals surface area contributed by atoms with Crippen LogP contribution < -0.4 is 5.32 Å². The van der Waals surface area contributed by atoms with Gasteiger partial charge >= 0.3 is 5.97 Å². The molecule has 2 aromatic rings. The number of esters is 1. The fourth-order valence-corrected chi connectivity index (χ4v) is 3.82. The minimum Gasteiger partial charge on any atom is -0.461 e. The van der Waals surface area contributed by atoms with Gasteiger partial charge in [-0.2, -0.15) is 10.2 Å². The molecule has 0 fully saturated rings. The van der Waals surface area contributed by atoms with Crippen LogP contribution in [0.3, 0.4) is 0 Å². The van der Waals surface area contributed by atoms with Crippen molar-refractivity contribution >= 4 is 11.9 Å². The van der Waals surface area contributed by atoms with Crippen molar-refractivity contribution in [3.05, 3.63) is 34.4 Å². The van der Waals surface area contributed by atoms with Gasteiger partial charge in [0.2, 0.25) is 0 Å². The second-order valence-corrected chi connectivity index (χ2v) is 7.65. The summed E-state index contributed by atoms with van der Waals surface area (Å²) in [5, 5.41) is 11.9. The van der Waals surface area contributed by atoms with Gasteiger partial charge in [0, 0.05) is 44.6 Å². The van der Waals surface area contributed by atoms with Gasteiger partial charge in [0.15, 0.2) is 5.69 Å². The first-order valence-electron chi connectivity index (χ1n) is 11.2. The van der Waals surface area contributed by atoms with Gasteiger partial charge in [0.1, 0.15) is 5.69 Å². The quantitative estimate of drug-likeness (QED) is 0.532. The number of rotatable bonds is 7. The van der Waals surface area contributed by atoms with E-state index in [1.807, 2.05) is 20.9 Å². The lowest BCUT2D eigenvalue weighted by Gasteiger charge is -2.08. The summed E-state index contributed by atoms with van der Waals surface area (Å²) in [4.78, 5) is 25.0. The van der Waals surface area contributed by atoms with E-state index < -0.39 is 5.97 Å². The molecule has 2 aromatic heterocycles. The Morgan fingerprint density at radius 1 is 1.26 bits per heavy atom. The second kappa shape index (κ2) is 11.1. The fourth-order valence-electron chi connectivity index (χ4n) is 3.82. The molecule has 0 atom stereocenters. The van der Waals surface area contributed by atoms with Crippen LogP contribution in [0.4, 0.5) is 0 Å². The lowest BCUT2D eigenvalue weighted by Crippen LogP contribution is -2.28. The number of hydrogen-bond donors (Lipinski definition) is 1. The number of fused-ring (bicyclic) bond motifs is 1. The molecule has 0 aliphatic carbocycles. The first-order valence-corrected chi connectivity index (χ1v) is 11.2. The van der Waals surface area contributed by atoms with Gasteiger partial charge < -0.3 is 14.8 Å². The van der Waals surface area contributed by atoms with E-state index >= 15 is 0 Å². The monoisotopic (exact) mass is 431 g/mol.